The summed E-state index contributed by atoms with van der Waals surface area (Å²) >= 11 is 0. The molecule has 0 radical (unpaired) electrons. The Bertz CT molecular complexity index is 488. The zero-order valence-electron chi connectivity index (χ0n) is 14.3. The number of amides is 1. The fraction of sp³-hybridized carbons (Fsp3) is 0.706. The molecule has 1 aromatic rings. The van der Waals surface area contributed by atoms with Crippen LogP contribution in [0.2, 0.25) is 0 Å². The highest BCUT2D eigenvalue weighted by molar-refractivity contribution is 5.68. The average molecular weight is 321 g/mol. The molecule has 1 aliphatic heterocycles. The molecule has 1 saturated heterocycles. The van der Waals surface area contributed by atoms with Crippen molar-refractivity contribution in [2.24, 2.45) is 5.92 Å². The van der Waals surface area contributed by atoms with Gasteiger partial charge in [-0.25, -0.2) is 9.78 Å². The number of piperidine rings is 1. The summed E-state index contributed by atoms with van der Waals surface area (Å²) in [7, 11) is 0. The van der Waals surface area contributed by atoms with E-state index in [0.29, 0.717) is 18.4 Å². The Morgan fingerprint density at radius 1 is 1.39 bits per heavy atom. The van der Waals surface area contributed by atoms with Gasteiger partial charge in [-0.2, -0.15) is 0 Å². The molecule has 0 bridgehead atoms. The molecular formula is C17H27N3O3. The van der Waals surface area contributed by atoms with Gasteiger partial charge in [-0.15, -0.1) is 0 Å². The molecule has 1 aromatic heterocycles. The molecule has 1 aliphatic rings. The number of nitrogens with zero attached hydrogens (tertiary/aromatic N) is 3. The Balaban J connectivity index is 1.68. The van der Waals surface area contributed by atoms with E-state index in [4.69, 9.17) is 9.47 Å². The Labute approximate surface area is 138 Å². The summed E-state index contributed by atoms with van der Waals surface area (Å²) in [6.07, 6.45) is 8.85. The summed E-state index contributed by atoms with van der Waals surface area (Å²) in [4.78, 5) is 22.0. The molecule has 1 fully saturated rings. The first-order valence-electron chi connectivity index (χ1n) is 8.31. The van der Waals surface area contributed by atoms with Crippen molar-refractivity contribution in [2.45, 2.75) is 52.1 Å². The van der Waals surface area contributed by atoms with Gasteiger partial charge in [0.05, 0.1) is 12.8 Å². The number of ether oxygens (including phenoxy) is 2. The zero-order chi connectivity index (χ0) is 16.7. The molecule has 0 spiro atoms. The Morgan fingerprint density at radius 2 is 2.22 bits per heavy atom. The van der Waals surface area contributed by atoms with Crippen molar-refractivity contribution in [3.63, 3.8) is 0 Å². The maximum absolute atomic E-state index is 12.1. The number of likely N-dealkylation sites (tertiary alicyclic amines) is 1. The van der Waals surface area contributed by atoms with E-state index in [1.807, 2.05) is 25.7 Å². The third-order valence-electron chi connectivity index (χ3n) is 3.72. The predicted molar refractivity (Wildman–Crippen MR) is 87.3 cm³/mol. The smallest absolute Gasteiger partial charge is 0.410 e. The molecule has 0 saturated carbocycles. The zero-order valence-corrected chi connectivity index (χ0v) is 14.3. The lowest BCUT2D eigenvalue weighted by Gasteiger charge is -2.34. The second kappa shape index (κ2) is 8.13. The molecule has 6 nitrogen and oxygen atoms in total. The lowest BCUT2D eigenvalue weighted by molar-refractivity contribution is 0.0159. The van der Waals surface area contributed by atoms with E-state index in [9.17, 15) is 4.79 Å². The molecule has 2 heterocycles. The number of hydrogen-bond donors (Lipinski definition) is 0. The second-order valence-electron chi connectivity index (χ2n) is 6.97. The van der Waals surface area contributed by atoms with E-state index in [1.165, 1.54) is 0 Å². The van der Waals surface area contributed by atoms with E-state index in [0.717, 1.165) is 38.8 Å². The lowest BCUT2D eigenvalue weighted by atomic mass is 9.94. The molecule has 1 unspecified atom stereocenters. The van der Waals surface area contributed by atoms with Gasteiger partial charge in [-0.05, 0) is 52.4 Å². The maximum atomic E-state index is 12.1. The lowest BCUT2D eigenvalue weighted by Crippen LogP contribution is -2.42. The van der Waals surface area contributed by atoms with Gasteiger partial charge in [0.25, 0.3) is 0 Å². The van der Waals surface area contributed by atoms with Crippen molar-refractivity contribution < 1.29 is 14.3 Å². The van der Waals surface area contributed by atoms with Crippen molar-refractivity contribution >= 4 is 6.09 Å². The van der Waals surface area contributed by atoms with Gasteiger partial charge in [0, 0.05) is 25.5 Å². The van der Waals surface area contributed by atoms with E-state index in [1.54, 1.807) is 18.6 Å². The highest BCUT2D eigenvalue weighted by Gasteiger charge is 2.27. The van der Waals surface area contributed by atoms with Crippen LogP contribution in [0.15, 0.2) is 18.6 Å². The topological polar surface area (TPSA) is 64.5 Å². The fourth-order valence-electron chi connectivity index (χ4n) is 2.70. The summed E-state index contributed by atoms with van der Waals surface area (Å²) in [6.45, 7) is 7.89. The van der Waals surface area contributed by atoms with Gasteiger partial charge in [0.15, 0.2) is 0 Å². The second-order valence-corrected chi connectivity index (χ2v) is 6.97. The van der Waals surface area contributed by atoms with Crippen LogP contribution in [0.5, 0.6) is 5.88 Å². The Kier molecular flexibility index (Phi) is 6.19. The number of carbonyl (C=O) groups excluding carboxylic acids is 1. The molecule has 1 atom stereocenters. The van der Waals surface area contributed by atoms with E-state index >= 15 is 0 Å². The van der Waals surface area contributed by atoms with Crippen molar-refractivity contribution in [3.05, 3.63) is 18.6 Å². The molecule has 128 valence electrons. The highest BCUT2D eigenvalue weighted by atomic mass is 16.6. The minimum absolute atomic E-state index is 0.196. The average Bonchev–Trinajstić information content (AvgIpc) is 2.51. The van der Waals surface area contributed by atoms with Gasteiger partial charge >= 0.3 is 6.09 Å². The van der Waals surface area contributed by atoms with Crippen molar-refractivity contribution in [1.82, 2.24) is 14.9 Å². The minimum Gasteiger partial charge on any atom is -0.477 e. The number of rotatable bonds is 5. The molecule has 0 N–H and O–H groups in total. The van der Waals surface area contributed by atoms with Crippen LogP contribution in [0.3, 0.4) is 0 Å². The molecule has 1 amide bonds. The third kappa shape index (κ3) is 6.42. The van der Waals surface area contributed by atoms with Crippen LogP contribution >= 0.6 is 0 Å². The Morgan fingerprint density at radius 3 is 2.91 bits per heavy atom. The quantitative estimate of drug-likeness (QED) is 0.779. The summed E-state index contributed by atoms with van der Waals surface area (Å²) in [5, 5.41) is 0. The van der Waals surface area contributed by atoms with E-state index in [2.05, 4.69) is 9.97 Å². The van der Waals surface area contributed by atoms with Crippen molar-refractivity contribution in [1.29, 1.82) is 0 Å². The first-order valence-corrected chi connectivity index (χ1v) is 8.31. The molecule has 0 aliphatic carbocycles. The first kappa shape index (κ1) is 17.5. The van der Waals surface area contributed by atoms with E-state index in [-0.39, 0.29) is 6.09 Å². The first-order chi connectivity index (χ1) is 10.9. The van der Waals surface area contributed by atoms with Gasteiger partial charge in [-0.3, -0.25) is 4.98 Å². The fourth-order valence-corrected chi connectivity index (χ4v) is 2.70. The van der Waals surface area contributed by atoms with Gasteiger partial charge in [0.1, 0.15) is 5.60 Å². The predicted octanol–water partition coefficient (Wildman–Crippen LogP) is 3.28. The highest BCUT2D eigenvalue weighted by Crippen LogP contribution is 2.22. The molecular weight excluding hydrogens is 294 g/mol. The number of aromatic nitrogens is 2. The third-order valence-corrected chi connectivity index (χ3v) is 3.72. The SMILES string of the molecule is CC(C)(C)OC(=O)N1CCCC(CCCOc2cnccn2)C1. The molecule has 23 heavy (non-hydrogen) atoms. The summed E-state index contributed by atoms with van der Waals surface area (Å²) in [6, 6.07) is 0. The normalized spacial score (nSPS) is 18.6. The van der Waals surface area contributed by atoms with E-state index < -0.39 is 5.60 Å². The van der Waals surface area contributed by atoms with Gasteiger partial charge in [0.2, 0.25) is 5.88 Å². The maximum Gasteiger partial charge on any atom is 0.410 e. The van der Waals surface area contributed by atoms with Crippen LogP contribution in [-0.4, -0.2) is 46.3 Å². The Hall–Kier alpha value is -1.85. The van der Waals surface area contributed by atoms with Gasteiger partial charge in [-0.1, -0.05) is 0 Å². The standard InChI is InChI=1S/C17H27N3O3/c1-17(2,3)23-16(21)20-10-4-6-14(13-20)7-5-11-22-15-12-18-8-9-19-15/h8-9,12,14H,4-7,10-11,13H2,1-3H3. The van der Waals surface area contributed by atoms with Crippen molar-refractivity contribution in [2.75, 3.05) is 19.7 Å². The van der Waals surface area contributed by atoms with Crippen LogP contribution in [0.1, 0.15) is 46.5 Å². The van der Waals surface area contributed by atoms with Crippen LogP contribution < -0.4 is 4.74 Å². The van der Waals surface area contributed by atoms with Crippen LogP contribution in [0.4, 0.5) is 4.79 Å². The summed E-state index contributed by atoms with van der Waals surface area (Å²) < 4.78 is 11.0. The molecule has 2 rings (SSSR count). The molecule has 0 aromatic carbocycles. The molecule has 6 heteroatoms. The largest absolute Gasteiger partial charge is 0.477 e. The van der Waals surface area contributed by atoms with Crippen LogP contribution in [0.25, 0.3) is 0 Å². The van der Waals surface area contributed by atoms with Crippen molar-refractivity contribution in [3.8, 4) is 5.88 Å². The van der Waals surface area contributed by atoms with Crippen LogP contribution in [0, 0.1) is 5.92 Å². The number of hydrogen-bond acceptors (Lipinski definition) is 5. The summed E-state index contributed by atoms with van der Waals surface area (Å²) in [5.41, 5.74) is -0.436. The summed E-state index contributed by atoms with van der Waals surface area (Å²) in [5.74, 6) is 1.08. The van der Waals surface area contributed by atoms with Gasteiger partial charge < -0.3 is 14.4 Å². The number of carbonyl (C=O) groups is 1. The minimum atomic E-state index is -0.436. The monoisotopic (exact) mass is 321 g/mol. The van der Waals surface area contributed by atoms with Crippen LogP contribution in [-0.2, 0) is 4.74 Å².